The van der Waals surface area contributed by atoms with E-state index in [-0.39, 0.29) is 5.75 Å². The van der Waals surface area contributed by atoms with Gasteiger partial charge in [-0.2, -0.15) is 5.10 Å². The molecule has 0 atom stereocenters. The van der Waals surface area contributed by atoms with E-state index in [0.717, 1.165) is 23.2 Å². The molecular formula is C11H13N3O. The third kappa shape index (κ3) is 1.54. The van der Waals surface area contributed by atoms with Crippen LogP contribution in [-0.4, -0.2) is 15.3 Å². The van der Waals surface area contributed by atoms with E-state index in [0.29, 0.717) is 5.82 Å². The first-order valence-corrected chi connectivity index (χ1v) is 4.85. The quantitative estimate of drug-likeness (QED) is 0.698. The number of nitrogen functional groups attached to an aromatic ring is 1. The summed E-state index contributed by atoms with van der Waals surface area (Å²) in [5, 5.41) is 16.5. The Kier molecular flexibility index (Phi) is 2.33. The number of anilines is 1. The van der Waals surface area contributed by atoms with Crippen LogP contribution in [0.2, 0.25) is 0 Å². The molecule has 0 amide bonds. The first-order valence-electron chi connectivity index (χ1n) is 4.85. The van der Waals surface area contributed by atoms with Gasteiger partial charge in [-0.3, -0.25) is 5.10 Å². The van der Waals surface area contributed by atoms with Crippen LogP contribution in [-0.2, 0) is 6.42 Å². The number of hydrogen-bond donors (Lipinski definition) is 3. The second-order valence-corrected chi connectivity index (χ2v) is 3.33. The molecule has 0 unspecified atom stereocenters. The molecular weight excluding hydrogens is 190 g/mol. The van der Waals surface area contributed by atoms with Crippen molar-refractivity contribution in [2.45, 2.75) is 13.3 Å². The SMILES string of the molecule is CCc1c(N)n[nH]c1-c1ccccc1O. The van der Waals surface area contributed by atoms with Gasteiger partial charge in [0, 0.05) is 11.1 Å². The van der Waals surface area contributed by atoms with Crippen molar-refractivity contribution >= 4 is 5.82 Å². The standard InChI is InChI=1S/C11H13N3O/c1-2-7-10(13-14-11(7)12)8-5-3-4-6-9(8)15/h3-6,15H,2H2,1H3,(H3,12,13,14). The lowest BCUT2D eigenvalue weighted by atomic mass is 10.1. The van der Waals surface area contributed by atoms with E-state index in [1.54, 1.807) is 12.1 Å². The summed E-state index contributed by atoms with van der Waals surface area (Å²) >= 11 is 0. The van der Waals surface area contributed by atoms with Crippen molar-refractivity contribution in [2.24, 2.45) is 0 Å². The summed E-state index contributed by atoms with van der Waals surface area (Å²) in [5.74, 6) is 0.728. The van der Waals surface area contributed by atoms with Gasteiger partial charge < -0.3 is 10.8 Å². The predicted molar refractivity (Wildman–Crippen MR) is 59.5 cm³/mol. The van der Waals surface area contributed by atoms with Crippen LogP contribution in [0.15, 0.2) is 24.3 Å². The average molecular weight is 203 g/mol. The minimum atomic E-state index is 0.232. The second-order valence-electron chi connectivity index (χ2n) is 3.33. The number of phenols is 1. The van der Waals surface area contributed by atoms with Crippen LogP contribution in [0.4, 0.5) is 5.82 Å². The number of phenolic OH excluding ortho intramolecular Hbond substituents is 1. The van der Waals surface area contributed by atoms with Gasteiger partial charge >= 0.3 is 0 Å². The van der Waals surface area contributed by atoms with Crippen molar-refractivity contribution in [2.75, 3.05) is 5.73 Å². The van der Waals surface area contributed by atoms with Gasteiger partial charge in [0.1, 0.15) is 11.6 Å². The maximum absolute atomic E-state index is 9.70. The third-order valence-corrected chi connectivity index (χ3v) is 2.43. The zero-order valence-electron chi connectivity index (χ0n) is 8.49. The van der Waals surface area contributed by atoms with Gasteiger partial charge in [-0.05, 0) is 18.6 Å². The molecule has 1 aromatic carbocycles. The Labute approximate surface area is 87.7 Å². The number of aromatic nitrogens is 2. The molecule has 2 aromatic rings. The van der Waals surface area contributed by atoms with Gasteiger partial charge in [0.25, 0.3) is 0 Å². The molecule has 0 aliphatic rings. The lowest BCUT2D eigenvalue weighted by molar-refractivity contribution is 0.477. The number of benzene rings is 1. The maximum atomic E-state index is 9.70. The number of nitrogens with zero attached hydrogens (tertiary/aromatic N) is 1. The molecule has 0 radical (unpaired) electrons. The monoisotopic (exact) mass is 203 g/mol. The Hall–Kier alpha value is -1.97. The number of H-pyrrole nitrogens is 1. The van der Waals surface area contributed by atoms with E-state index >= 15 is 0 Å². The summed E-state index contributed by atoms with van der Waals surface area (Å²) in [4.78, 5) is 0. The smallest absolute Gasteiger partial charge is 0.149 e. The molecule has 0 bridgehead atoms. The fraction of sp³-hybridized carbons (Fsp3) is 0.182. The van der Waals surface area contributed by atoms with Crippen molar-refractivity contribution in [3.63, 3.8) is 0 Å². The largest absolute Gasteiger partial charge is 0.507 e. The number of nitrogens with one attached hydrogen (secondary N) is 1. The van der Waals surface area contributed by atoms with E-state index in [9.17, 15) is 5.11 Å². The number of rotatable bonds is 2. The van der Waals surface area contributed by atoms with E-state index < -0.39 is 0 Å². The fourth-order valence-electron chi connectivity index (χ4n) is 1.64. The lowest BCUT2D eigenvalue weighted by Gasteiger charge is -2.03. The van der Waals surface area contributed by atoms with Gasteiger partial charge in [-0.15, -0.1) is 0 Å². The summed E-state index contributed by atoms with van der Waals surface area (Å²) < 4.78 is 0. The molecule has 4 heteroatoms. The van der Waals surface area contributed by atoms with Crippen LogP contribution < -0.4 is 5.73 Å². The summed E-state index contributed by atoms with van der Waals surface area (Å²) in [7, 11) is 0. The van der Waals surface area contributed by atoms with Crippen molar-refractivity contribution in [3.05, 3.63) is 29.8 Å². The van der Waals surface area contributed by atoms with Crippen LogP contribution in [0.3, 0.4) is 0 Å². The Bertz CT molecular complexity index is 476. The van der Waals surface area contributed by atoms with Gasteiger partial charge in [0.2, 0.25) is 0 Å². The predicted octanol–water partition coefficient (Wildman–Crippen LogP) is 1.93. The number of hydrogen-bond acceptors (Lipinski definition) is 3. The van der Waals surface area contributed by atoms with Gasteiger partial charge in [0.05, 0.1) is 5.69 Å². The lowest BCUT2D eigenvalue weighted by Crippen LogP contribution is -1.90. The Morgan fingerprint density at radius 3 is 2.80 bits per heavy atom. The minimum Gasteiger partial charge on any atom is -0.507 e. The van der Waals surface area contributed by atoms with Crippen molar-refractivity contribution in [1.29, 1.82) is 0 Å². The van der Waals surface area contributed by atoms with Gasteiger partial charge in [-0.25, -0.2) is 0 Å². The van der Waals surface area contributed by atoms with E-state index in [2.05, 4.69) is 10.2 Å². The molecule has 1 heterocycles. The molecule has 15 heavy (non-hydrogen) atoms. The fourth-order valence-corrected chi connectivity index (χ4v) is 1.64. The maximum Gasteiger partial charge on any atom is 0.149 e. The summed E-state index contributed by atoms with van der Waals surface area (Å²) in [6.07, 6.45) is 0.784. The van der Waals surface area contributed by atoms with Gasteiger partial charge in [-0.1, -0.05) is 19.1 Å². The van der Waals surface area contributed by atoms with Crippen molar-refractivity contribution in [1.82, 2.24) is 10.2 Å². The van der Waals surface area contributed by atoms with E-state index in [4.69, 9.17) is 5.73 Å². The van der Waals surface area contributed by atoms with Crippen molar-refractivity contribution in [3.8, 4) is 17.0 Å². The summed E-state index contributed by atoms with van der Waals surface area (Å²) in [6, 6.07) is 7.13. The van der Waals surface area contributed by atoms with Crippen LogP contribution in [0.25, 0.3) is 11.3 Å². The topological polar surface area (TPSA) is 74.9 Å². The molecule has 0 aliphatic heterocycles. The average Bonchev–Trinajstić information content (AvgIpc) is 2.60. The molecule has 0 saturated heterocycles. The molecule has 0 spiro atoms. The van der Waals surface area contributed by atoms with E-state index in [1.807, 2.05) is 19.1 Å². The highest BCUT2D eigenvalue weighted by Gasteiger charge is 2.13. The number of aromatic amines is 1. The third-order valence-electron chi connectivity index (χ3n) is 2.43. The highest BCUT2D eigenvalue weighted by molar-refractivity contribution is 5.72. The summed E-state index contributed by atoms with van der Waals surface area (Å²) in [6.45, 7) is 2.00. The molecule has 0 fully saturated rings. The first kappa shape index (κ1) is 9.58. The molecule has 2 rings (SSSR count). The number of aromatic hydroxyl groups is 1. The molecule has 0 saturated carbocycles. The molecule has 4 nitrogen and oxygen atoms in total. The van der Waals surface area contributed by atoms with Crippen LogP contribution in [0.5, 0.6) is 5.75 Å². The van der Waals surface area contributed by atoms with Crippen LogP contribution in [0.1, 0.15) is 12.5 Å². The highest BCUT2D eigenvalue weighted by atomic mass is 16.3. The molecule has 4 N–H and O–H groups in total. The normalized spacial score (nSPS) is 10.5. The minimum absolute atomic E-state index is 0.232. The van der Waals surface area contributed by atoms with E-state index in [1.165, 1.54) is 0 Å². The molecule has 0 aliphatic carbocycles. The van der Waals surface area contributed by atoms with Crippen LogP contribution >= 0.6 is 0 Å². The van der Waals surface area contributed by atoms with Crippen molar-refractivity contribution < 1.29 is 5.11 Å². The Balaban J connectivity index is 2.59. The number of para-hydroxylation sites is 1. The zero-order valence-corrected chi connectivity index (χ0v) is 8.49. The number of nitrogens with two attached hydrogens (primary N) is 1. The Morgan fingerprint density at radius 2 is 2.13 bits per heavy atom. The first-order chi connectivity index (χ1) is 7.24. The van der Waals surface area contributed by atoms with Crippen LogP contribution in [0, 0.1) is 0 Å². The highest BCUT2D eigenvalue weighted by Crippen LogP contribution is 2.31. The second kappa shape index (κ2) is 3.65. The molecule has 78 valence electrons. The van der Waals surface area contributed by atoms with Gasteiger partial charge in [0.15, 0.2) is 0 Å². The zero-order chi connectivity index (χ0) is 10.8. The summed E-state index contributed by atoms with van der Waals surface area (Å²) in [5.41, 5.74) is 8.19. The Morgan fingerprint density at radius 1 is 1.40 bits per heavy atom. The molecule has 1 aromatic heterocycles.